The van der Waals surface area contributed by atoms with Crippen molar-refractivity contribution in [1.82, 2.24) is 24.6 Å². The fourth-order valence-electron chi connectivity index (χ4n) is 3.23. The number of nitrogens with zero attached hydrogens (tertiary/aromatic N) is 5. The van der Waals surface area contributed by atoms with E-state index in [0.717, 1.165) is 42.9 Å². The number of likely N-dealkylation sites (tertiary alicyclic amines) is 1. The number of carbonyl (C=O) groups is 1. The molecule has 0 radical (unpaired) electrons. The molecular formula is C18H25N5O. The van der Waals surface area contributed by atoms with Gasteiger partial charge < -0.3 is 4.90 Å². The third kappa shape index (κ3) is 3.47. The summed E-state index contributed by atoms with van der Waals surface area (Å²) in [6, 6.07) is 0. The van der Waals surface area contributed by atoms with Crippen molar-refractivity contribution in [3.8, 4) is 11.3 Å². The molecule has 6 nitrogen and oxygen atoms in total. The van der Waals surface area contributed by atoms with Crippen LogP contribution in [0.15, 0.2) is 24.8 Å². The summed E-state index contributed by atoms with van der Waals surface area (Å²) in [6.07, 6.45) is 9.09. The normalized spacial score (nSPS) is 18.2. The summed E-state index contributed by atoms with van der Waals surface area (Å²) in [4.78, 5) is 23.5. The predicted octanol–water partition coefficient (Wildman–Crippen LogP) is 2.31. The molecule has 2 aromatic rings. The Hall–Kier alpha value is -2.24. The molecule has 3 rings (SSSR count). The van der Waals surface area contributed by atoms with Crippen molar-refractivity contribution in [2.45, 2.75) is 33.6 Å². The molecule has 0 N–H and O–H groups in total. The molecule has 0 aromatic carbocycles. The lowest BCUT2D eigenvalue weighted by Gasteiger charge is -2.25. The first-order valence-corrected chi connectivity index (χ1v) is 8.43. The quantitative estimate of drug-likeness (QED) is 0.868. The molecule has 24 heavy (non-hydrogen) atoms. The highest BCUT2D eigenvalue weighted by molar-refractivity contribution is 5.81. The summed E-state index contributed by atoms with van der Waals surface area (Å²) in [5, 5.41) is 4.22. The van der Waals surface area contributed by atoms with Gasteiger partial charge in [0, 0.05) is 49.7 Å². The molecule has 0 spiro atoms. The highest BCUT2D eigenvalue weighted by atomic mass is 16.2. The molecule has 1 saturated heterocycles. The Morgan fingerprint density at radius 2 is 2.04 bits per heavy atom. The van der Waals surface area contributed by atoms with Crippen LogP contribution < -0.4 is 0 Å². The number of rotatable bonds is 3. The van der Waals surface area contributed by atoms with E-state index in [1.165, 1.54) is 0 Å². The fraction of sp³-hybridized carbons (Fsp3) is 0.556. The van der Waals surface area contributed by atoms with Crippen molar-refractivity contribution < 1.29 is 4.79 Å². The summed E-state index contributed by atoms with van der Waals surface area (Å²) in [5.74, 6) is 0.667. The van der Waals surface area contributed by atoms with E-state index in [4.69, 9.17) is 0 Å². The van der Waals surface area contributed by atoms with Crippen LogP contribution in [0.5, 0.6) is 0 Å². The van der Waals surface area contributed by atoms with Crippen LogP contribution in [-0.2, 0) is 18.3 Å². The highest BCUT2D eigenvalue weighted by Crippen LogP contribution is 2.28. The van der Waals surface area contributed by atoms with E-state index in [9.17, 15) is 4.79 Å². The lowest BCUT2D eigenvalue weighted by atomic mass is 9.95. The molecule has 0 bridgehead atoms. The first-order chi connectivity index (χ1) is 11.3. The second kappa shape index (κ2) is 6.34. The van der Waals surface area contributed by atoms with Crippen LogP contribution in [0.25, 0.3) is 11.3 Å². The second-order valence-corrected chi connectivity index (χ2v) is 7.61. The third-order valence-electron chi connectivity index (χ3n) is 4.45. The molecular weight excluding hydrogens is 302 g/mol. The number of hydrogen-bond donors (Lipinski definition) is 0. The van der Waals surface area contributed by atoms with E-state index in [1.807, 2.05) is 45.1 Å². The lowest BCUT2D eigenvalue weighted by Crippen LogP contribution is -2.38. The monoisotopic (exact) mass is 327 g/mol. The van der Waals surface area contributed by atoms with Gasteiger partial charge in [-0.15, -0.1) is 0 Å². The smallest absolute Gasteiger partial charge is 0.227 e. The van der Waals surface area contributed by atoms with Gasteiger partial charge in [0.15, 0.2) is 0 Å². The summed E-state index contributed by atoms with van der Waals surface area (Å²) in [7, 11) is 1.90. The number of hydrogen-bond acceptors (Lipinski definition) is 4. The number of aryl methyl sites for hydroxylation is 1. The zero-order chi connectivity index (χ0) is 17.3. The minimum atomic E-state index is -0.317. The SMILES string of the molecule is Cn1cc(-c2nccnc2CC2CCN(C(=O)C(C)(C)C)C2)cn1. The van der Waals surface area contributed by atoms with Crippen LogP contribution in [0.3, 0.4) is 0 Å². The molecule has 1 aliphatic rings. The summed E-state index contributed by atoms with van der Waals surface area (Å²) >= 11 is 0. The predicted molar refractivity (Wildman–Crippen MR) is 92.1 cm³/mol. The first kappa shape index (κ1) is 16.6. The van der Waals surface area contributed by atoms with Crippen LogP contribution in [0, 0.1) is 11.3 Å². The van der Waals surface area contributed by atoms with Crippen molar-refractivity contribution >= 4 is 5.91 Å². The van der Waals surface area contributed by atoms with Gasteiger partial charge in [0.05, 0.1) is 17.6 Å². The second-order valence-electron chi connectivity index (χ2n) is 7.61. The average molecular weight is 327 g/mol. The maximum Gasteiger partial charge on any atom is 0.227 e. The Bertz CT molecular complexity index is 731. The molecule has 128 valence electrons. The molecule has 1 amide bonds. The molecule has 1 aliphatic heterocycles. The van der Waals surface area contributed by atoms with Crippen molar-refractivity contribution in [3.63, 3.8) is 0 Å². The van der Waals surface area contributed by atoms with Gasteiger partial charge in [-0.2, -0.15) is 5.10 Å². The zero-order valence-corrected chi connectivity index (χ0v) is 14.9. The van der Waals surface area contributed by atoms with Crippen molar-refractivity contribution in [2.75, 3.05) is 13.1 Å². The Morgan fingerprint density at radius 1 is 1.29 bits per heavy atom. The van der Waals surface area contributed by atoms with E-state index in [1.54, 1.807) is 17.1 Å². The van der Waals surface area contributed by atoms with Gasteiger partial charge in [0.2, 0.25) is 5.91 Å². The maximum absolute atomic E-state index is 12.4. The van der Waals surface area contributed by atoms with Gasteiger partial charge in [0.1, 0.15) is 0 Å². The van der Waals surface area contributed by atoms with Crippen molar-refractivity contribution in [2.24, 2.45) is 18.4 Å². The maximum atomic E-state index is 12.4. The summed E-state index contributed by atoms with van der Waals surface area (Å²) in [5.41, 5.74) is 2.55. The highest BCUT2D eigenvalue weighted by Gasteiger charge is 2.33. The van der Waals surface area contributed by atoms with Crippen LogP contribution in [0.1, 0.15) is 32.9 Å². The van der Waals surface area contributed by atoms with Gasteiger partial charge >= 0.3 is 0 Å². The van der Waals surface area contributed by atoms with E-state index < -0.39 is 0 Å². The minimum Gasteiger partial charge on any atom is -0.342 e. The van der Waals surface area contributed by atoms with E-state index >= 15 is 0 Å². The van der Waals surface area contributed by atoms with Crippen LogP contribution in [0.4, 0.5) is 0 Å². The topological polar surface area (TPSA) is 63.9 Å². The molecule has 3 heterocycles. The number of amides is 1. The molecule has 1 fully saturated rings. The van der Waals surface area contributed by atoms with Crippen LogP contribution in [0.2, 0.25) is 0 Å². The Labute approximate surface area is 142 Å². The molecule has 1 atom stereocenters. The molecule has 1 unspecified atom stereocenters. The summed E-state index contributed by atoms with van der Waals surface area (Å²) < 4.78 is 1.77. The average Bonchev–Trinajstić information content (AvgIpc) is 3.15. The molecule has 0 saturated carbocycles. The van der Waals surface area contributed by atoms with E-state index in [-0.39, 0.29) is 11.3 Å². The van der Waals surface area contributed by atoms with Crippen molar-refractivity contribution in [3.05, 3.63) is 30.5 Å². The van der Waals surface area contributed by atoms with Crippen LogP contribution >= 0.6 is 0 Å². The van der Waals surface area contributed by atoms with Crippen molar-refractivity contribution in [1.29, 1.82) is 0 Å². The Balaban J connectivity index is 1.73. The lowest BCUT2D eigenvalue weighted by molar-refractivity contribution is -0.138. The minimum absolute atomic E-state index is 0.233. The van der Waals surface area contributed by atoms with E-state index in [0.29, 0.717) is 5.92 Å². The van der Waals surface area contributed by atoms with Crippen LogP contribution in [-0.4, -0.2) is 43.6 Å². The third-order valence-corrected chi connectivity index (χ3v) is 4.45. The first-order valence-electron chi connectivity index (χ1n) is 8.43. The van der Waals surface area contributed by atoms with Gasteiger partial charge in [-0.05, 0) is 18.8 Å². The zero-order valence-electron chi connectivity index (χ0n) is 14.9. The summed E-state index contributed by atoms with van der Waals surface area (Å²) in [6.45, 7) is 7.58. The largest absolute Gasteiger partial charge is 0.342 e. The number of carbonyl (C=O) groups excluding carboxylic acids is 1. The molecule has 6 heteroatoms. The molecule has 2 aromatic heterocycles. The van der Waals surface area contributed by atoms with Gasteiger partial charge in [0.25, 0.3) is 0 Å². The van der Waals surface area contributed by atoms with Gasteiger partial charge in [-0.1, -0.05) is 20.8 Å². The Kier molecular flexibility index (Phi) is 4.39. The van der Waals surface area contributed by atoms with Gasteiger partial charge in [-0.3, -0.25) is 19.4 Å². The van der Waals surface area contributed by atoms with E-state index in [2.05, 4.69) is 15.1 Å². The number of aromatic nitrogens is 4. The fourth-order valence-corrected chi connectivity index (χ4v) is 3.23. The Morgan fingerprint density at radius 3 is 2.71 bits per heavy atom. The molecule has 0 aliphatic carbocycles. The standard InChI is InChI=1S/C18H25N5O/c1-18(2,3)17(24)23-8-5-13(11-23)9-15-16(20-7-6-19-15)14-10-21-22(4)12-14/h6-7,10,12-13H,5,8-9,11H2,1-4H3. The van der Waals surface area contributed by atoms with Gasteiger partial charge in [-0.25, -0.2) is 0 Å².